The van der Waals surface area contributed by atoms with E-state index in [0.29, 0.717) is 6.54 Å². The summed E-state index contributed by atoms with van der Waals surface area (Å²) in [6.45, 7) is 1.48. The molecule has 0 aliphatic heterocycles. The Bertz CT molecular complexity index is 499. The lowest BCUT2D eigenvalue weighted by molar-refractivity contribution is 0.873. The molecule has 0 amide bonds. The zero-order valence-electron chi connectivity index (χ0n) is 10.3. The first-order valence-corrected chi connectivity index (χ1v) is 7.51. The van der Waals surface area contributed by atoms with Crippen molar-refractivity contribution in [2.24, 2.45) is 5.73 Å². The van der Waals surface area contributed by atoms with Crippen molar-refractivity contribution >= 4 is 33.0 Å². The molecule has 0 fully saturated rings. The van der Waals surface area contributed by atoms with Crippen molar-refractivity contribution in [3.05, 3.63) is 44.8 Å². The van der Waals surface area contributed by atoms with Crippen LogP contribution in [0.15, 0.2) is 33.6 Å². The fraction of sp³-hybridized carbons (Fsp3) is 0.308. The number of aromatic nitrogens is 1. The second kappa shape index (κ2) is 6.31. The van der Waals surface area contributed by atoms with E-state index in [1.165, 1.54) is 11.3 Å². The maximum atomic E-state index is 5.67. The SMILES string of the molecule is CN(Cc1cscn1)c1ccc(Br)cc1CCN. The molecule has 18 heavy (non-hydrogen) atoms. The van der Waals surface area contributed by atoms with Crippen LogP contribution in [0.3, 0.4) is 0 Å². The van der Waals surface area contributed by atoms with Gasteiger partial charge in [-0.15, -0.1) is 11.3 Å². The Labute approximate surface area is 120 Å². The minimum absolute atomic E-state index is 0.661. The Hall–Kier alpha value is -0.910. The van der Waals surface area contributed by atoms with E-state index in [-0.39, 0.29) is 0 Å². The highest BCUT2D eigenvalue weighted by Gasteiger charge is 2.09. The van der Waals surface area contributed by atoms with Crippen LogP contribution >= 0.6 is 27.3 Å². The zero-order chi connectivity index (χ0) is 13.0. The maximum absolute atomic E-state index is 5.67. The Morgan fingerprint density at radius 2 is 2.28 bits per heavy atom. The smallest absolute Gasteiger partial charge is 0.0795 e. The van der Waals surface area contributed by atoms with Crippen LogP contribution in [-0.4, -0.2) is 18.6 Å². The van der Waals surface area contributed by atoms with Gasteiger partial charge in [0.2, 0.25) is 0 Å². The molecule has 0 aliphatic rings. The Morgan fingerprint density at radius 1 is 1.44 bits per heavy atom. The van der Waals surface area contributed by atoms with Gasteiger partial charge in [0.15, 0.2) is 0 Å². The van der Waals surface area contributed by atoms with Crippen molar-refractivity contribution in [3.8, 4) is 0 Å². The largest absolute Gasteiger partial charge is 0.368 e. The average Bonchev–Trinajstić information content (AvgIpc) is 2.82. The van der Waals surface area contributed by atoms with Crippen LogP contribution in [-0.2, 0) is 13.0 Å². The quantitative estimate of drug-likeness (QED) is 0.918. The lowest BCUT2D eigenvalue weighted by Gasteiger charge is -2.22. The molecule has 96 valence electrons. The van der Waals surface area contributed by atoms with E-state index >= 15 is 0 Å². The van der Waals surface area contributed by atoms with Gasteiger partial charge in [-0.05, 0) is 36.7 Å². The number of nitrogens with two attached hydrogens (primary N) is 1. The number of hydrogen-bond acceptors (Lipinski definition) is 4. The fourth-order valence-electron chi connectivity index (χ4n) is 1.93. The molecule has 0 saturated heterocycles. The van der Waals surface area contributed by atoms with Crippen LogP contribution in [0.2, 0.25) is 0 Å². The zero-order valence-corrected chi connectivity index (χ0v) is 12.7. The van der Waals surface area contributed by atoms with E-state index in [1.54, 1.807) is 11.3 Å². The molecule has 0 aliphatic carbocycles. The highest BCUT2D eigenvalue weighted by atomic mass is 79.9. The lowest BCUT2D eigenvalue weighted by atomic mass is 10.1. The first kappa shape index (κ1) is 13.5. The summed E-state index contributed by atoms with van der Waals surface area (Å²) in [5.41, 5.74) is 11.1. The summed E-state index contributed by atoms with van der Waals surface area (Å²) in [4.78, 5) is 6.53. The maximum Gasteiger partial charge on any atom is 0.0795 e. The molecule has 2 rings (SSSR count). The molecule has 0 atom stereocenters. The minimum Gasteiger partial charge on any atom is -0.368 e. The molecule has 0 saturated carbocycles. The van der Waals surface area contributed by atoms with E-state index in [2.05, 4.69) is 56.4 Å². The molecular formula is C13H16BrN3S. The van der Waals surface area contributed by atoms with Gasteiger partial charge in [-0.3, -0.25) is 0 Å². The normalized spacial score (nSPS) is 10.6. The summed E-state index contributed by atoms with van der Waals surface area (Å²) in [6, 6.07) is 6.33. The van der Waals surface area contributed by atoms with Crippen molar-refractivity contribution in [3.63, 3.8) is 0 Å². The number of halogens is 1. The Morgan fingerprint density at radius 3 is 2.94 bits per heavy atom. The molecule has 3 nitrogen and oxygen atoms in total. The van der Waals surface area contributed by atoms with Gasteiger partial charge in [0.05, 0.1) is 17.7 Å². The highest BCUT2D eigenvalue weighted by Crippen LogP contribution is 2.25. The van der Waals surface area contributed by atoms with Crippen LogP contribution in [0.5, 0.6) is 0 Å². The highest BCUT2D eigenvalue weighted by molar-refractivity contribution is 9.10. The summed E-state index contributed by atoms with van der Waals surface area (Å²) in [5.74, 6) is 0. The number of anilines is 1. The first-order valence-electron chi connectivity index (χ1n) is 5.77. The minimum atomic E-state index is 0.661. The van der Waals surface area contributed by atoms with E-state index < -0.39 is 0 Å². The van der Waals surface area contributed by atoms with Gasteiger partial charge in [0.1, 0.15) is 0 Å². The molecule has 0 radical (unpaired) electrons. The predicted molar refractivity (Wildman–Crippen MR) is 81.1 cm³/mol. The summed E-state index contributed by atoms with van der Waals surface area (Å²) in [5, 5.41) is 2.08. The number of benzene rings is 1. The third-order valence-electron chi connectivity index (χ3n) is 2.75. The second-order valence-corrected chi connectivity index (χ2v) is 5.78. The van der Waals surface area contributed by atoms with Gasteiger partial charge >= 0.3 is 0 Å². The molecular weight excluding hydrogens is 310 g/mol. The third-order valence-corrected chi connectivity index (χ3v) is 3.88. The van der Waals surface area contributed by atoms with Crippen molar-refractivity contribution < 1.29 is 0 Å². The molecule has 2 N–H and O–H groups in total. The standard InChI is InChI=1S/C13H16BrN3S/c1-17(7-12-8-18-9-16-12)13-3-2-11(14)6-10(13)4-5-15/h2-3,6,8-9H,4-5,7,15H2,1H3. The monoisotopic (exact) mass is 325 g/mol. The second-order valence-electron chi connectivity index (χ2n) is 4.15. The fourth-order valence-corrected chi connectivity index (χ4v) is 2.88. The molecule has 0 bridgehead atoms. The number of nitrogens with zero attached hydrogens (tertiary/aromatic N) is 2. The van der Waals surface area contributed by atoms with Gasteiger partial charge in [-0.1, -0.05) is 15.9 Å². The third kappa shape index (κ3) is 3.31. The van der Waals surface area contributed by atoms with Gasteiger partial charge in [-0.2, -0.15) is 0 Å². The van der Waals surface area contributed by atoms with E-state index in [4.69, 9.17) is 5.73 Å². The number of rotatable bonds is 5. The van der Waals surface area contributed by atoms with Crippen LogP contribution in [0.1, 0.15) is 11.3 Å². The van der Waals surface area contributed by atoms with Gasteiger partial charge < -0.3 is 10.6 Å². The Kier molecular flexibility index (Phi) is 4.74. The van der Waals surface area contributed by atoms with Gasteiger partial charge in [0, 0.05) is 22.6 Å². The molecule has 1 heterocycles. The number of hydrogen-bond donors (Lipinski definition) is 1. The molecule has 5 heteroatoms. The molecule has 0 unspecified atom stereocenters. The van der Waals surface area contributed by atoms with E-state index in [0.717, 1.165) is 23.1 Å². The summed E-state index contributed by atoms with van der Waals surface area (Å²) in [7, 11) is 2.09. The van der Waals surface area contributed by atoms with Crippen LogP contribution in [0, 0.1) is 0 Å². The Balaban J connectivity index is 2.20. The summed E-state index contributed by atoms with van der Waals surface area (Å²) >= 11 is 5.13. The summed E-state index contributed by atoms with van der Waals surface area (Å²) < 4.78 is 1.09. The predicted octanol–water partition coefficient (Wildman–Crippen LogP) is 3.04. The molecule has 1 aromatic heterocycles. The van der Waals surface area contributed by atoms with Crippen LogP contribution < -0.4 is 10.6 Å². The van der Waals surface area contributed by atoms with Crippen molar-refractivity contribution in [1.82, 2.24) is 4.98 Å². The van der Waals surface area contributed by atoms with E-state index in [9.17, 15) is 0 Å². The van der Waals surface area contributed by atoms with Crippen molar-refractivity contribution in [2.45, 2.75) is 13.0 Å². The topological polar surface area (TPSA) is 42.2 Å². The summed E-state index contributed by atoms with van der Waals surface area (Å²) in [6.07, 6.45) is 0.885. The van der Waals surface area contributed by atoms with Crippen LogP contribution in [0.25, 0.3) is 0 Å². The molecule has 2 aromatic rings. The van der Waals surface area contributed by atoms with Gasteiger partial charge in [0.25, 0.3) is 0 Å². The van der Waals surface area contributed by atoms with Gasteiger partial charge in [-0.25, -0.2) is 4.98 Å². The average molecular weight is 326 g/mol. The van der Waals surface area contributed by atoms with Crippen molar-refractivity contribution in [1.29, 1.82) is 0 Å². The number of thiazole rings is 1. The van der Waals surface area contributed by atoms with Crippen molar-refractivity contribution in [2.75, 3.05) is 18.5 Å². The van der Waals surface area contributed by atoms with Crippen LogP contribution in [0.4, 0.5) is 5.69 Å². The van der Waals surface area contributed by atoms with E-state index in [1.807, 2.05) is 5.51 Å². The molecule has 0 spiro atoms. The first-order chi connectivity index (χ1) is 8.70. The molecule has 1 aromatic carbocycles. The lowest BCUT2D eigenvalue weighted by Crippen LogP contribution is -2.19.